The Bertz CT molecular complexity index is 707. The van der Waals surface area contributed by atoms with Gasteiger partial charge in [0.25, 0.3) is 0 Å². The largest absolute Gasteiger partial charge is 0.348 e. The maximum atomic E-state index is 12.9. The van der Waals surface area contributed by atoms with Crippen molar-refractivity contribution in [3.63, 3.8) is 0 Å². The number of amides is 1. The average Bonchev–Trinajstić information content (AvgIpc) is 2.49. The second-order valence-electron chi connectivity index (χ2n) is 5.75. The lowest BCUT2D eigenvalue weighted by Crippen LogP contribution is -2.36. The van der Waals surface area contributed by atoms with E-state index in [-0.39, 0.29) is 24.3 Å². The van der Waals surface area contributed by atoms with Crippen LogP contribution in [0.25, 0.3) is 0 Å². The molecule has 2 aromatic carbocycles. The van der Waals surface area contributed by atoms with Gasteiger partial charge in [-0.2, -0.15) is 0 Å². The van der Waals surface area contributed by atoms with E-state index < -0.39 is 0 Å². The van der Waals surface area contributed by atoms with Gasteiger partial charge in [-0.25, -0.2) is 4.39 Å². The van der Waals surface area contributed by atoms with Crippen LogP contribution in [0.4, 0.5) is 4.39 Å². The molecular weight excluding hydrogens is 350 g/mol. The zero-order chi connectivity index (χ0) is 17.7. The number of hydrogen-bond donors (Lipinski definition) is 1. The van der Waals surface area contributed by atoms with Crippen molar-refractivity contribution in [2.24, 2.45) is 0 Å². The minimum Gasteiger partial charge on any atom is -0.348 e. The third kappa shape index (κ3) is 5.48. The number of benzene rings is 2. The van der Waals surface area contributed by atoms with Crippen LogP contribution in [0.1, 0.15) is 24.1 Å². The molecule has 24 heavy (non-hydrogen) atoms. The fourth-order valence-electron chi connectivity index (χ4n) is 2.42. The topological polar surface area (TPSA) is 32.3 Å². The number of carbonyl (C=O) groups excluding carboxylic acids is 1. The fourth-order valence-corrected chi connectivity index (χ4v) is 2.99. The van der Waals surface area contributed by atoms with Crippen molar-refractivity contribution in [2.45, 2.75) is 19.5 Å². The zero-order valence-corrected chi connectivity index (χ0v) is 15.0. The molecule has 0 saturated carbocycles. The van der Waals surface area contributed by atoms with E-state index in [1.807, 2.05) is 18.9 Å². The first-order valence-corrected chi connectivity index (χ1v) is 8.28. The molecule has 0 heterocycles. The van der Waals surface area contributed by atoms with Gasteiger partial charge in [0.2, 0.25) is 5.91 Å². The van der Waals surface area contributed by atoms with Crippen LogP contribution in [0.2, 0.25) is 10.0 Å². The Hall–Kier alpha value is -1.62. The molecule has 1 amide bonds. The lowest BCUT2D eigenvalue weighted by atomic mass is 10.1. The molecule has 2 aromatic rings. The number of rotatable bonds is 6. The van der Waals surface area contributed by atoms with Gasteiger partial charge in [-0.05, 0) is 49.4 Å². The van der Waals surface area contributed by atoms with Crippen LogP contribution in [0.3, 0.4) is 0 Å². The molecule has 3 nitrogen and oxygen atoms in total. The molecule has 0 radical (unpaired) electrons. The van der Waals surface area contributed by atoms with Crippen LogP contribution in [0, 0.1) is 5.82 Å². The maximum absolute atomic E-state index is 12.9. The third-order valence-corrected chi connectivity index (χ3v) is 4.15. The van der Waals surface area contributed by atoms with E-state index in [9.17, 15) is 9.18 Å². The van der Waals surface area contributed by atoms with Crippen LogP contribution in [0.15, 0.2) is 42.5 Å². The first kappa shape index (κ1) is 18.7. The van der Waals surface area contributed by atoms with Crippen molar-refractivity contribution in [2.75, 3.05) is 13.6 Å². The molecule has 0 aliphatic heterocycles. The molecular formula is C18H19Cl2FN2O. The van der Waals surface area contributed by atoms with E-state index in [1.165, 1.54) is 12.1 Å². The van der Waals surface area contributed by atoms with Gasteiger partial charge >= 0.3 is 0 Å². The van der Waals surface area contributed by atoms with E-state index in [0.29, 0.717) is 16.6 Å². The monoisotopic (exact) mass is 368 g/mol. The highest BCUT2D eigenvalue weighted by atomic mass is 35.5. The van der Waals surface area contributed by atoms with Gasteiger partial charge in [0.1, 0.15) is 5.82 Å². The van der Waals surface area contributed by atoms with Crippen molar-refractivity contribution in [1.29, 1.82) is 0 Å². The van der Waals surface area contributed by atoms with Gasteiger partial charge in [-0.1, -0.05) is 41.4 Å². The molecule has 0 aliphatic carbocycles. The summed E-state index contributed by atoms with van der Waals surface area (Å²) >= 11 is 12.0. The van der Waals surface area contributed by atoms with Gasteiger partial charge < -0.3 is 5.32 Å². The number of hydrogen-bond acceptors (Lipinski definition) is 2. The van der Waals surface area contributed by atoms with Crippen LogP contribution >= 0.6 is 23.2 Å². The Morgan fingerprint density at radius 2 is 1.88 bits per heavy atom. The Morgan fingerprint density at radius 1 is 1.21 bits per heavy atom. The Kier molecular flexibility index (Phi) is 6.60. The smallest absolute Gasteiger partial charge is 0.234 e. The molecule has 6 heteroatoms. The summed E-state index contributed by atoms with van der Waals surface area (Å²) in [6.07, 6.45) is 0. The summed E-state index contributed by atoms with van der Waals surface area (Å²) in [4.78, 5) is 14.0. The normalized spacial score (nSPS) is 12.2. The summed E-state index contributed by atoms with van der Waals surface area (Å²) < 4.78 is 12.9. The highest BCUT2D eigenvalue weighted by Crippen LogP contribution is 2.26. The SMILES string of the molecule is C[C@H](NC(=O)CN(C)Cc1ccc(F)cc1)c1ccc(Cl)cc1Cl. The predicted molar refractivity (Wildman–Crippen MR) is 95.8 cm³/mol. The maximum Gasteiger partial charge on any atom is 0.234 e. The van der Waals surface area contributed by atoms with Gasteiger partial charge in [0.15, 0.2) is 0 Å². The standard InChI is InChI=1S/C18H19Cl2FN2O/c1-12(16-8-5-14(19)9-17(16)20)22-18(24)11-23(2)10-13-3-6-15(21)7-4-13/h3-9,12H,10-11H2,1-2H3,(H,22,24)/t12-/m0/s1. The lowest BCUT2D eigenvalue weighted by molar-refractivity contribution is -0.122. The van der Waals surface area contributed by atoms with Crippen LogP contribution < -0.4 is 5.32 Å². The van der Waals surface area contributed by atoms with E-state index in [4.69, 9.17) is 23.2 Å². The number of nitrogens with one attached hydrogen (secondary N) is 1. The van der Waals surface area contributed by atoms with Gasteiger partial charge in [0.05, 0.1) is 12.6 Å². The second kappa shape index (κ2) is 8.47. The van der Waals surface area contributed by atoms with Gasteiger partial charge in [-0.3, -0.25) is 9.69 Å². The Balaban J connectivity index is 1.88. The fraction of sp³-hybridized carbons (Fsp3) is 0.278. The molecule has 0 aliphatic rings. The molecule has 128 valence electrons. The Morgan fingerprint density at radius 3 is 2.50 bits per heavy atom. The van der Waals surface area contributed by atoms with Crippen LogP contribution in [0.5, 0.6) is 0 Å². The summed E-state index contributed by atoms with van der Waals surface area (Å²) in [6, 6.07) is 11.2. The van der Waals surface area contributed by atoms with Crippen molar-refractivity contribution in [3.8, 4) is 0 Å². The summed E-state index contributed by atoms with van der Waals surface area (Å²) in [7, 11) is 1.84. The summed E-state index contributed by atoms with van der Waals surface area (Å²) in [6.45, 7) is 2.66. The summed E-state index contributed by atoms with van der Waals surface area (Å²) in [5.41, 5.74) is 1.76. The third-order valence-electron chi connectivity index (χ3n) is 3.59. The van der Waals surface area contributed by atoms with Crippen molar-refractivity contribution < 1.29 is 9.18 Å². The van der Waals surface area contributed by atoms with Gasteiger partial charge in [-0.15, -0.1) is 0 Å². The van der Waals surface area contributed by atoms with Crippen molar-refractivity contribution in [1.82, 2.24) is 10.2 Å². The minimum absolute atomic E-state index is 0.113. The predicted octanol–water partition coefficient (Wildman–Crippen LogP) is 4.44. The summed E-state index contributed by atoms with van der Waals surface area (Å²) in [5, 5.41) is 3.99. The average molecular weight is 369 g/mol. The highest BCUT2D eigenvalue weighted by Gasteiger charge is 2.14. The molecule has 1 atom stereocenters. The molecule has 0 bridgehead atoms. The van der Waals surface area contributed by atoms with Crippen molar-refractivity contribution in [3.05, 3.63) is 69.5 Å². The molecule has 0 fully saturated rings. The number of likely N-dealkylation sites (N-methyl/N-ethyl adjacent to an activating group) is 1. The number of carbonyl (C=O) groups is 1. The molecule has 0 saturated heterocycles. The van der Waals surface area contributed by atoms with E-state index in [0.717, 1.165) is 11.1 Å². The lowest BCUT2D eigenvalue weighted by Gasteiger charge is -2.20. The second-order valence-corrected chi connectivity index (χ2v) is 6.60. The van der Waals surface area contributed by atoms with Crippen LogP contribution in [-0.4, -0.2) is 24.4 Å². The molecule has 0 aromatic heterocycles. The van der Waals surface area contributed by atoms with E-state index in [2.05, 4.69) is 5.32 Å². The molecule has 1 N–H and O–H groups in total. The molecule has 2 rings (SSSR count). The Labute approximate surface area is 151 Å². The van der Waals surface area contributed by atoms with E-state index in [1.54, 1.807) is 30.3 Å². The number of halogens is 3. The molecule has 0 spiro atoms. The summed E-state index contributed by atoms with van der Waals surface area (Å²) in [5.74, 6) is -0.383. The van der Waals surface area contributed by atoms with Crippen LogP contribution in [-0.2, 0) is 11.3 Å². The highest BCUT2D eigenvalue weighted by molar-refractivity contribution is 6.35. The quantitative estimate of drug-likeness (QED) is 0.817. The molecule has 0 unspecified atom stereocenters. The first-order chi connectivity index (χ1) is 11.3. The minimum atomic E-state index is -0.271. The zero-order valence-electron chi connectivity index (χ0n) is 13.5. The number of nitrogens with zero attached hydrogens (tertiary/aromatic N) is 1. The van der Waals surface area contributed by atoms with Crippen molar-refractivity contribution >= 4 is 29.1 Å². The first-order valence-electron chi connectivity index (χ1n) is 7.52. The van der Waals surface area contributed by atoms with E-state index >= 15 is 0 Å². The van der Waals surface area contributed by atoms with Gasteiger partial charge in [0, 0.05) is 16.6 Å².